The second-order valence-corrected chi connectivity index (χ2v) is 19.6. The molecule has 5 N–H and O–H groups in total. The van der Waals surface area contributed by atoms with Crippen molar-refractivity contribution in [2.24, 2.45) is 5.73 Å². The maximum atomic E-state index is 13.0. The number of halogens is 1. The number of hydrogen-bond donors (Lipinski definition) is 4. The van der Waals surface area contributed by atoms with E-state index in [9.17, 15) is 14.4 Å². The summed E-state index contributed by atoms with van der Waals surface area (Å²) in [4.78, 5) is 35.4. The standard InChI is InChI=1S/C26H29BrN3O4PS2/c27-35(20-10-4-1-5-11-20,21-12-6-2-7-13-21,22-14-8-3-9-15-22)19-30-24(31)18-37-36-17-23(28)26(34)29-16-25(32)33/h1-15,23H,16-19,28H2,(H,29,34)(H,30,31)(H,32,33). The molecular weight excluding hydrogens is 593 g/mol. The fourth-order valence-electron chi connectivity index (χ4n) is 3.81. The van der Waals surface area contributed by atoms with Crippen molar-refractivity contribution in [2.45, 2.75) is 6.04 Å². The fourth-order valence-corrected chi connectivity index (χ4v) is 12.6. The first-order chi connectivity index (χ1) is 17.7. The van der Waals surface area contributed by atoms with E-state index in [1.165, 1.54) is 21.6 Å². The van der Waals surface area contributed by atoms with Crippen molar-refractivity contribution in [1.29, 1.82) is 0 Å². The number of nitrogens with two attached hydrogens (primary N) is 1. The molecule has 0 aromatic heterocycles. The van der Waals surface area contributed by atoms with Gasteiger partial charge in [0, 0.05) is 0 Å². The Bertz CT molecular complexity index is 1110. The van der Waals surface area contributed by atoms with Gasteiger partial charge in [0.25, 0.3) is 0 Å². The van der Waals surface area contributed by atoms with Gasteiger partial charge in [-0.15, -0.1) is 0 Å². The molecule has 0 radical (unpaired) electrons. The Kier molecular flexibility index (Phi) is 10.6. The molecule has 1 unspecified atom stereocenters. The van der Waals surface area contributed by atoms with Crippen LogP contribution in [0.2, 0.25) is 0 Å². The van der Waals surface area contributed by atoms with E-state index >= 15 is 0 Å². The maximum absolute atomic E-state index is 13.0. The van der Waals surface area contributed by atoms with Gasteiger partial charge in [0.1, 0.15) is 0 Å². The van der Waals surface area contributed by atoms with Crippen molar-refractivity contribution in [3.05, 3.63) is 91.0 Å². The van der Waals surface area contributed by atoms with Crippen molar-refractivity contribution in [3.63, 3.8) is 0 Å². The first-order valence-electron chi connectivity index (χ1n) is 11.4. The summed E-state index contributed by atoms with van der Waals surface area (Å²) >= 11 is 4.29. The molecule has 37 heavy (non-hydrogen) atoms. The third kappa shape index (κ3) is 7.15. The zero-order chi connectivity index (χ0) is 26.8. The van der Waals surface area contributed by atoms with E-state index < -0.39 is 29.8 Å². The molecule has 0 saturated carbocycles. The Morgan fingerprint density at radius 3 is 1.70 bits per heavy atom. The Labute approximate surface area is 232 Å². The van der Waals surface area contributed by atoms with E-state index in [0.29, 0.717) is 6.29 Å². The number of benzene rings is 3. The third-order valence-electron chi connectivity index (χ3n) is 5.73. The van der Waals surface area contributed by atoms with Gasteiger partial charge in [0.05, 0.1) is 0 Å². The predicted octanol–water partition coefficient (Wildman–Crippen LogP) is 2.81. The van der Waals surface area contributed by atoms with Crippen molar-refractivity contribution in [2.75, 3.05) is 24.3 Å². The number of amides is 2. The molecule has 0 fully saturated rings. The van der Waals surface area contributed by atoms with Gasteiger partial charge in [0.2, 0.25) is 0 Å². The molecule has 11 heteroatoms. The van der Waals surface area contributed by atoms with Crippen molar-refractivity contribution < 1.29 is 19.5 Å². The molecule has 3 rings (SSSR count). The third-order valence-corrected chi connectivity index (χ3v) is 17.3. The van der Waals surface area contributed by atoms with Crippen LogP contribution in [-0.2, 0) is 14.4 Å². The van der Waals surface area contributed by atoms with Crippen LogP contribution in [0.4, 0.5) is 0 Å². The fraction of sp³-hybridized carbons (Fsp3) is 0.192. The van der Waals surface area contributed by atoms with Gasteiger partial charge in [-0.05, 0) is 0 Å². The van der Waals surface area contributed by atoms with Crippen LogP contribution in [0.5, 0.6) is 0 Å². The summed E-state index contributed by atoms with van der Waals surface area (Å²) < 4.78 is 0. The van der Waals surface area contributed by atoms with Crippen molar-refractivity contribution in [1.82, 2.24) is 10.6 Å². The molecule has 1 atom stereocenters. The number of carboxylic acids is 1. The van der Waals surface area contributed by atoms with Gasteiger partial charge >= 0.3 is 223 Å². The summed E-state index contributed by atoms with van der Waals surface area (Å²) in [6, 6.07) is 29.7. The zero-order valence-corrected chi connectivity index (χ0v) is 24.1. The van der Waals surface area contributed by atoms with Gasteiger partial charge < -0.3 is 5.11 Å². The Hall–Kier alpha value is -2.36. The van der Waals surface area contributed by atoms with Gasteiger partial charge in [-0.3, -0.25) is 4.79 Å². The summed E-state index contributed by atoms with van der Waals surface area (Å²) in [6.07, 6.45) is 0.380. The normalized spacial score (nSPS) is 13.1. The Balaban J connectivity index is 1.74. The van der Waals surface area contributed by atoms with Crippen LogP contribution in [0.15, 0.2) is 91.0 Å². The molecule has 0 aliphatic carbocycles. The second-order valence-electron chi connectivity index (χ2n) is 8.21. The van der Waals surface area contributed by atoms with Crippen LogP contribution in [0.1, 0.15) is 0 Å². The molecule has 0 spiro atoms. The summed E-state index contributed by atoms with van der Waals surface area (Å²) in [5, 5.41) is 14.1. The topological polar surface area (TPSA) is 122 Å². The number of hydrogen-bond acceptors (Lipinski definition) is 6. The minimum absolute atomic E-state index is 0.141. The molecule has 2 amide bonds. The first-order valence-corrected chi connectivity index (χ1v) is 18.3. The minimum Gasteiger partial charge on any atom is -0.480 e. The molecule has 0 saturated heterocycles. The number of rotatable bonds is 13. The Morgan fingerprint density at radius 2 is 1.27 bits per heavy atom. The molecule has 3 aromatic carbocycles. The molecule has 0 aliphatic heterocycles. The van der Waals surface area contributed by atoms with Crippen molar-refractivity contribution in [3.8, 4) is 0 Å². The molecule has 7 nitrogen and oxygen atoms in total. The smallest absolute Gasteiger partial charge is 0.480 e. The SMILES string of the molecule is NC(CSSCC(=O)NCP(Br)(c1ccccc1)(c1ccccc1)c1ccccc1)C(=O)NCC(=O)O. The number of carbonyl (C=O) groups is 3. The van der Waals surface area contributed by atoms with Gasteiger partial charge in [-0.25, -0.2) is 0 Å². The van der Waals surface area contributed by atoms with E-state index in [2.05, 4.69) is 62.5 Å². The van der Waals surface area contributed by atoms with Crippen LogP contribution < -0.4 is 32.3 Å². The number of aliphatic carboxylic acids is 1. The average molecular weight is 623 g/mol. The Morgan fingerprint density at radius 1 is 0.811 bits per heavy atom. The molecule has 0 aliphatic rings. The van der Waals surface area contributed by atoms with Crippen LogP contribution in [0, 0.1) is 0 Å². The monoisotopic (exact) mass is 621 g/mol. The minimum atomic E-state index is -3.26. The summed E-state index contributed by atoms with van der Waals surface area (Å²) in [5.74, 6) is -1.39. The van der Waals surface area contributed by atoms with E-state index in [0.717, 1.165) is 15.9 Å². The van der Waals surface area contributed by atoms with Crippen LogP contribution in [0.3, 0.4) is 0 Å². The summed E-state index contributed by atoms with van der Waals surface area (Å²) in [5.41, 5.74) is 5.81. The molecule has 3 aromatic rings. The summed E-state index contributed by atoms with van der Waals surface area (Å²) in [7, 11) is 2.59. The van der Waals surface area contributed by atoms with Crippen LogP contribution in [-0.4, -0.2) is 53.3 Å². The van der Waals surface area contributed by atoms with Crippen LogP contribution >= 0.6 is 42.4 Å². The van der Waals surface area contributed by atoms with E-state index in [-0.39, 0.29) is 17.4 Å². The number of nitrogens with one attached hydrogen (secondary N) is 2. The number of carboxylic acid groups (broad SMARTS) is 1. The second kappa shape index (κ2) is 13.4. The van der Waals surface area contributed by atoms with Gasteiger partial charge in [0.15, 0.2) is 0 Å². The average Bonchev–Trinajstić information content (AvgIpc) is 2.94. The van der Waals surface area contributed by atoms with Crippen molar-refractivity contribution >= 4 is 76.1 Å². The van der Waals surface area contributed by atoms with Gasteiger partial charge in [-0.1, -0.05) is 0 Å². The van der Waals surface area contributed by atoms with Crippen LogP contribution in [0.25, 0.3) is 0 Å². The predicted molar refractivity (Wildman–Crippen MR) is 161 cm³/mol. The quantitative estimate of drug-likeness (QED) is 0.132. The van der Waals surface area contributed by atoms with E-state index in [4.69, 9.17) is 10.8 Å². The first kappa shape index (κ1) is 29.2. The molecule has 196 valence electrons. The van der Waals surface area contributed by atoms with Gasteiger partial charge in [-0.2, -0.15) is 0 Å². The molecule has 0 bridgehead atoms. The molecular formula is C26H29BrN3O4PS2. The molecule has 0 heterocycles. The zero-order valence-electron chi connectivity index (χ0n) is 20.0. The number of carbonyl (C=O) groups excluding carboxylic acids is 2. The van der Waals surface area contributed by atoms with E-state index in [1.807, 2.05) is 54.6 Å². The van der Waals surface area contributed by atoms with E-state index in [1.54, 1.807) is 0 Å². The summed E-state index contributed by atoms with van der Waals surface area (Å²) in [6.45, 7) is -0.477.